The molecular formula is C17H18N4O4S2. The standard InChI is InChI=1S/C17H18N4O4S2/c1-26(22,23)15-7-9-16(10-8-15)27(24,25)20-17(11-21-13-18-12-19-21)14-5-3-2-4-6-14/h2-10,12-13,17,20H,11H2,1H3. The SMILES string of the molecule is CS(=O)(=O)c1ccc(S(=O)(=O)NC(Cn2cncn2)c2ccccc2)cc1. The molecule has 1 aromatic heterocycles. The van der Waals surface area contributed by atoms with E-state index in [1.807, 2.05) is 30.3 Å². The molecule has 0 fully saturated rings. The predicted molar refractivity (Wildman–Crippen MR) is 99.1 cm³/mol. The van der Waals surface area contributed by atoms with Crippen molar-refractivity contribution in [3.05, 3.63) is 72.8 Å². The Morgan fingerprint density at radius 2 is 1.59 bits per heavy atom. The second-order valence-electron chi connectivity index (χ2n) is 5.95. The van der Waals surface area contributed by atoms with E-state index >= 15 is 0 Å². The topological polar surface area (TPSA) is 111 Å². The molecule has 0 saturated carbocycles. The van der Waals surface area contributed by atoms with Crippen LogP contribution in [-0.2, 0) is 26.4 Å². The third-order valence-corrected chi connectivity index (χ3v) is 6.51. The van der Waals surface area contributed by atoms with Gasteiger partial charge < -0.3 is 0 Å². The van der Waals surface area contributed by atoms with Crippen molar-refractivity contribution in [1.82, 2.24) is 19.5 Å². The molecule has 0 bridgehead atoms. The van der Waals surface area contributed by atoms with Gasteiger partial charge in [0.05, 0.1) is 22.4 Å². The van der Waals surface area contributed by atoms with Gasteiger partial charge in [-0.1, -0.05) is 30.3 Å². The minimum Gasteiger partial charge on any atom is -0.251 e. The Bertz CT molecular complexity index is 1100. The zero-order valence-electron chi connectivity index (χ0n) is 14.4. The molecule has 1 heterocycles. The predicted octanol–water partition coefficient (Wildman–Crippen LogP) is 1.40. The van der Waals surface area contributed by atoms with Gasteiger partial charge in [0.1, 0.15) is 12.7 Å². The first-order valence-electron chi connectivity index (χ1n) is 7.95. The van der Waals surface area contributed by atoms with Crippen LogP contribution in [-0.4, -0.2) is 37.9 Å². The smallest absolute Gasteiger partial charge is 0.241 e. The number of rotatable bonds is 7. The van der Waals surface area contributed by atoms with Gasteiger partial charge in [0, 0.05) is 6.26 Å². The summed E-state index contributed by atoms with van der Waals surface area (Å²) in [6.07, 6.45) is 3.95. The molecule has 142 valence electrons. The van der Waals surface area contributed by atoms with Crippen LogP contribution in [0.5, 0.6) is 0 Å². The van der Waals surface area contributed by atoms with Crippen molar-refractivity contribution >= 4 is 19.9 Å². The van der Waals surface area contributed by atoms with Crippen molar-refractivity contribution in [2.45, 2.75) is 22.4 Å². The summed E-state index contributed by atoms with van der Waals surface area (Å²) in [7, 11) is -7.28. The number of benzene rings is 2. The van der Waals surface area contributed by atoms with E-state index in [1.165, 1.54) is 41.6 Å². The van der Waals surface area contributed by atoms with Gasteiger partial charge >= 0.3 is 0 Å². The van der Waals surface area contributed by atoms with Gasteiger partial charge in [0.15, 0.2) is 9.84 Å². The number of hydrogen-bond acceptors (Lipinski definition) is 6. The molecule has 0 aliphatic heterocycles. The first kappa shape index (κ1) is 19.2. The summed E-state index contributed by atoms with van der Waals surface area (Å²) in [4.78, 5) is 3.91. The van der Waals surface area contributed by atoms with E-state index in [1.54, 1.807) is 0 Å². The molecule has 0 aliphatic rings. The van der Waals surface area contributed by atoms with E-state index in [0.717, 1.165) is 11.8 Å². The van der Waals surface area contributed by atoms with E-state index in [-0.39, 0.29) is 16.3 Å². The van der Waals surface area contributed by atoms with E-state index < -0.39 is 25.9 Å². The Balaban J connectivity index is 1.89. The van der Waals surface area contributed by atoms with Gasteiger partial charge in [-0.05, 0) is 29.8 Å². The molecule has 2 aromatic carbocycles. The van der Waals surface area contributed by atoms with Crippen LogP contribution in [0.2, 0.25) is 0 Å². The molecule has 0 spiro atoms. The van der Waals surface area contributed by atoms with Gasteiger partial charge in [-0.2, -0.15) is 5.10 Å². The zero-order valence-corrected chi connectivity index (χ0v) is 16.1. The molecule has 10 heteroatoms. The third-order valence-electron chi connectivity index (χ3n) is 3.90. The molecule has 0 saturated heterocycles. The lowest BCUT2D eigenvalue weighted by Crippen LogP contribution is -2.31. The van der Waals surface area contributed by atoms with Crippen LogP contribution < -0.4 is 4.72 Å². The average Bonchev–Trinajstić information content (AvgIpc) is 3.14. The number of sulfone groups is 1. The molecule has 1 unspecified atom stereocenters. The molecule has 1 N–H and O–H groups in total. The normalized spacial score (nSPS) is 13.4. The Morgan fingerprint density at radius 3 is 2.15 bits per heavy atom. The summed E-state index contributed by atoms with van der Waals surface area (Å²) in [6.45, 7) is 0.255. The van der Waals surface area contributed by atoms with E-state index in [0.29, 0.717) is 0 Å². The fourth-order valence-corrected chi connectivity index (χ4v) is 4.38. The van der Waals surface area contributed by atoms with Crippen LogP contribution in [0.25, 0.3) is 0 Å². The summed E-state index contributed by atoms with van der Waals surface area (Å²) in [5.74, 6) is 0. The maximum absolute atomic E-state index is 12.8. The fourth-order valence-electron chi connectivity index (χ4n) is 2.53. The quantitative estimate of drug-likeness (QED) is 0.635. The van der Waals surface area contributed by atoms with E-state index in [9.17, 15) is 16.8 Å². The number of aromatic nitrogens is 3. The van der Waals surface area contributed by atoms with Gasteiger partial charge in [-0.15, -0.1) is 0 Å². The highest BCUT2D eigenvalue weighted by atomic mass is 32.2. The number of sulfonamides is 1. The Kier molecular flexibility index (Phi) is 5.40. The molecule has 0 amide bonds. The molecule has 8 nitrogen and oxygen atoms in total. The molecule has 0 aliphatic carbocycles. The van der Waals surface area contributed by atoms with Crippen LogP contribution in [0.1, 0.15) is 11.6 Å². The fraction of sp³-hybridized carbons (Fsp3) is 0.176. The summed E-state index contributed by atoms with van der Waals surface area (Å²) >= 11 is 0. The summed E-state index contributed by atoms with van der Waals surface area (Å²) in [6, 6.07) is 13.6. The van der Waals surface area contributed by atoms with Gasteiger partial charge in [-0.3, -0.25) is 4.68 Å². The van der Waals surface area contributed by atoms with Crippen molar-refractivity contribution < 1.29 is 16.8 Å². The lowest BCUT2D eigenvalue weighted by molar-refractivity contribution is 0.482. The van der Waals surface area contributed by atoms with Gasteiger partial charge in [0.2, 0.25) is 10.0 Å². The molecule has 1 atom stereocenters. The number of nitrogens with zero attached hydrogens (tertiary/aromatic N) is 3. The summed E-state index contributed by atoms with van der Waals surface area (Å²) in [5.41, 5.74) is 0.768. The second kappa shape index (κ2) is 7.59. The maximum atomic E-state index is 12.8. The highest BCUT2D eigenvalue weighted by molar-refractivity contribution is 7.90. The minimum atomic E-state index is -3.88. The van der Waals surface area contributed by atoms with E-state index in [4.69, 9.17) is 0 Å². The van der Waals surface area contributed by atoms with Crippen LogP contribution in [0, 0.1) is 0 Å². The Hall–Kier alpha value is -2.56. The number of nitrogens with one attached hydrogen (secondary N) is 1. The minimum absolute atomic E-state index is 0.0191. The molecule has 3 rings (SSSR count). The van der Waals surface area contributed by atoms with Crippen molar-refractivity contribution in [2.75, 3.05) is 6.26 Å². The number of hydrogen-bond donors (Lipinski definition) is 1. The van der Waals surface area contributed by atoms with Gasteiger partial charge in [-0.25, -0.2) is 26.5 Å². The van der Waals surface area contributed by atoms with Gasteiger partial charge in [0.25, 0.3) is 0 Å². The van der Waals surface area contributed by atoms with Crippen molar-refractivity contribution in [3.63, 3.8) is 0 Å². The summed E-state index contributed by atoms with van der Waals surface area (Å²) in [5, 5.41) is 4.03. The summed E-state index contributed by atoms with van der Waals surface area (Å²) < 4.78 is 52.9. The lowest BCUT2D eigenvalue weighted by atomic mass is 10.1. The monoisotopic (exact) mass is 406 g/mol. The molecule has 0 radical (unpaired) electrons. The maximum Gasteiger partial charge on any atom is 0.241 e. The molecular weight excluding hydrogens is 388 g/mol. The first-order valence-corrected chi connectivity index (χ1v) is 11.3. The van der Waals surface area contributed by atoms with Crippen LogP contribution >= 0.6 is 0 Å². The lowest BCUT2D eigenvalue weighted by Gasteiger charge is -2.19. The zero-order chi connectivity index (χ0) is 19.5. The van der Waals surface area contributed by atoms with Crippen molar-refractivity contribution in [1.29, 1.82) is 0 Å². The Labute approximate surface area is 157 Å². The Morgan fingerprint density at radius 1 is 0.963 bits per heavy atom. The highest BCUT2D eigenvalue weighted by Crippen LogP contribution is 2.20. The highest BCUT2D eigenvalue weighted by Gasteiger charge is 2.22. The second-order valence-corrected chi connectivity index (χ2v) is 9.68. The first-order chi connectivity index (χ1) is 12.8. The van der Waals surface area contributed by atoms with Crippen LogP contribution in [0.3, 0.4) is 0 Å². The van der Waals surface area contributed by atoms with Crippen LogP contribution in [0.15, 0.2) is 77.0 Å². The van der Waals surface area contributed by atoms with E-state index in [2.05, 4.69) is 14.8 Å². The van der Waals surface area contributed by atoms with Crippen LogP contribution in [0.4, 0.5) is 0 Å². The molecule has 27 heavy (non-hydrogen) atoms. The largest absolute Gasteiger partial charge is 0.251 e. The third kappa shape index (κ3) is 4.79. The average molecular weight is 406 g/mol. The molecule has 3 aromatic rings. The van der Waals surface area contributed by atoms with Crippen molar-refractivity contribution in [2.24, 2.45) is 0 Å². The van der Waals surface area contributed by atoms with Crippen molar-refractivity contribution in [3.8, 4) is 0 Å².